The third-order valence-electron chi connectivity index (χ3n) is 7.09. The van der Waals surface area contributed by atoms with Gasteiger partial charge in [-0.2, -0.15) is 11.8 Å². The molecule has 0 aliphatic rings. The Kier molecular flexibility index (Phi) is 15.4. The van der Waals surface area contributed by atoms with Crippen molar-refractivity contribution in [1.29, 1.82) is 0 Å². The molecule has 0 aromatic heterocycles. The molecule has 2 atom stereocenters. The SMILES string of the molecule is CCCCCCCCN(C(=O)C(CCSC)NC(=O)OC(C)(C)C)C(C(=O)Nc1ccc(OC)cc1)c1ccc(O)c(C)c1. The van der Waals surface area contributed by atoms with E-state index in [1.54, 1.807) is 87.9 Å². The highest BCUT2D eigenvalue weighted by molar-refractivity contribution is 7.98. The van der Waals surface area contributed by atoms with Crippen LogP contribution in [0.4, 0.5) is 10.5 Å². The zero-order chi connectivity index (χ0) is 32.7. The molecule has 2 rings (SSSR count). The predicted octanol–water partition coefficient (Wildman–Crippen LogP) is 7.22. The molecule has 44 heavy (non-hydrogen) atoms. The van der Waals surface area contributed by atoms with Crippen molar-refractivity contribution in [3.05, 3.63) is 53.6 Å². The molecular weight excluding hydrogens is 578 g/mol. The van der Waals surface area contributed by atoms with Gasteiger partial charge in [-0.15, -0.1) is 0 Å². The monoisotopic (exact) mass is 629 g/mol. The molecule has 2 unspecified atom stereocenters. The van der Waals surface area contributed by atoms with Crippen LogP contribution in [0, 0.1) is 6.92 Å². The smallest absolute Gasteiger partial charge is 0.408 e. The number of phenolic OH excluding ortho intramolecular Hbond substituents is 1. The van der Waals surface area contributed by atoms with Crippen molar-refractivity contribution in [1.82, 2.24) is 10.2 Å². The number of nitrogens with zero attached hydrogens (tertiary/aromatic N) is 1. The number of aromatic hydroxyl groups is 1. The first-order valence-corrected chi connectivity index (χ1v) is 16.8. The number of thioether (sulfide) groups is 1. The molecule has 244 valence electrons. The van der Waals surface area contributed by atoms with Crippen molar-refractivity contribution < 1.29 is 29.0 Å². The summed E-state index contributed by atoms with van der Waals surface area (Å²) in [4.78, 5) is 43.0. The lowest BCUT2D eigenvalue weighted by Gasteiger charge is -2.35. The standard InChI is InChI=1S/C34H51N3O6S/c1-8-9-10-11-12-13-21-37(32(40)28(20-22-44-7)36-33(41)43-34(3,4)5)30(25-14-19-29(38)24(2)23-25)31(39)35-26-15-17-27(42-6)18-16-26/h14-19,23,28,30,38H,8-13,20-22H2,1-7H3,(H,35,39)(H,36,41). The Morgan fingerprint density at radius 1 is 1.00 bits per heavy atom. The summed E-state index contributed by atoms with van der Waals surface area (Å²) in [6.07, 6.45) is 7.64. The Bertz CT molecular complexity index is 1200. The maximum atomic E-state index is 14.4. The van der Waals surface area contributed by atoms with Gasteiger partial charge in [0.2, 0.25) is 5.91 Å². The van der Waals surface area contributed by atoms with Gasteiger partial charge in [0.25, 0.3) is 5.91 Å². The molecule has 0 heterocycles. The molecule has 9 nitrogen and oxygen atoms in total. The number of phenols is 1. The molecule has 10 heteroatoms. The maximum absolute atomic E-state index is 14.4. The first-order chi connectivity index (χ1) is 20.9. The second-order valence-corrected chi connectivity index (χ2v) is 12.9. The number of hydrogen-bond acceptors (Lipinski definition) is 7. The minimum atomic E-state index is -1.02. The van der Waals surface area contributed by atoms with Crippen LogP contribution < -0.4 is 15.4 Å². The molecule has 2 aromatic carbocycles. The Labute approximate surface area is 267 Å². The molecule has 0 aliphatic heterocycles. The number of aryl methyl sites for hydroxylation is 1. The van der Waals surface area contributed by atoms with Crippen molar-refractivity contribution in [3.8, 4) is 11.5 Å². The van der Waals surface area contributed by atoms with Gasteiger partial charge < -0.3 is 30.1 Å². The average Bonchev–Trinajstić information content (AvgIpc) is 2.97. The van der Waals surface area contributed by atoms with Crippen LogP contribution >= 0.6 is 11.8 Å². The van der Waals surface area contributed by atoms with E-state index in [1.807, 2.05) is 6.26 Å². The maximum Gasteiger partial charge on any atom is 0.408 e. The first-order valence-electron chi connectivity index (χ1n) is 15.4. The Balaban J connectivity index is 2.53. The fourth-order valence-electron chi connectivity index (χ4n) is 4.78. The van der Waals surface area contributed by atoms with Crippen molar-refractivity contribution >= 4 is 35.4 Å². The van der Waals surface area contributed by atoms with Crippen LogP contribution in [-0.4, -0.2) is 65.2 Å². The van der Waals surface area contributed by atoms with E-state index in [2.05, 4.69) is 17.6 Å². The summed E-state index contributed by atoms with van der Waals surface area (Å²) in [5.41, 5.74) is 0.961. The lowest BCUT2D eigenvalue weighted by molar-refractivity contribution is -0.141. The number of ether oxygens (including phenoxy) is 2. The van der Waals surface area contributed by atoms with Gasteiger partial charge in [-0.25, -0.2) is 4.79 Å². The molecule has 0 fully saturated rings. The molecule has 0 saturated heterocycles. The number of unbranched alkanes of at least 4 members (excludes halogenated alkanes) is 5. The summed E-state index contributed by atoms with van der Waals surface area (Å²) in [5, 5.41) is 16.0. The summed E-state index contributed by atoms with van der Waals surface area (Å²) in [7, 11) is 1.57. The highest BCUT2D eigenvalue weighted by Crippen LogP contribution is 2.29. The van der Waals surface area contributed by atoms with E-state index in [0.717, 1.165) is 32.1 Å². The summed E-state index contributed by atoms with van der Waals surface area (Å²) < 4.78 is 10.7. The van der Waals surface area contributed by atoms with Crippen LogP contribution in [0.3, 0.4) is 0 Å². The summed E-state index contributed by atoms with van der Waals surface area (Å²) in [5.74, 6) is 0.609. The lowest BCUT2D eigenvalue weighted by atomic mass is 9.99. The van der Waals surface area contributed by atoms with Crippen molar-refractivity contribution in [2.45, 2.75) is 97.2 Å². The van der Waals surface area contributed by atoms with Gasteiger partial charge in [0, 0.05) is 12.2 Å². The normalized spacial score (nSPS) is 12.6. The topological polar surface area (TPSA) is 117 Å². The van der Waals surface area contributed by atoms with Crippen LogP contribution in [0.1, 0.15) is 89.8 Å². The van der Waals surface area contributed by atoms with Gasteiger partial charge in [0.05, 0.1) is 7.11 Å². The van der Waals surface area contributed by atoms with Gasteiger partial charge in [-0.1, -0.05) is 45.1 Å². The Morgan fingerprint density at radius 2 is 1.66 bits per heavy atom. The predicted molar refractivity (Wildman–Crippen MR) is 178 cm³/mol. The number of carbonyl (C=O) groups is 3. The minimum Gasteiger partial charge on any atom is -0.508 e. The fourth-order valence-corrected chi connectivity index (χ4v) is 5.25. The molecule has 0 radical (unpaired) electrons. The van der Waals surface area contributed by atoms with Gasteiger partial charge in [-0.3, -0.25) is 9.59 Å². The average molecular weight is 630 g/mol. The van der Waals surface area contributed by atoms with E-state index >= 15 is 0 Å². The van der Waals surface area contributed by atoms with Gasteiger partial charge in [0.1, 0.15) is 29.2 Å². The van der Waals surface area contributed by atoms with Gasteiger partial charge >= 0.3 is 6.09 Å². The molecular formula is C34H51N3O6S. The first kappa shape index (κ1) is 36.8. The van der Waals surface area contributed by atoms with Crippen LogP contribution in [0.2, 0.25) is 0 Å². The van der Waals surface area contributed by atoms with Gasteiger partial charge in [-0.05, 0) is 100 Å². The number of benzene rings is 2. The Morgan fingerprint density at radius 3 is 2.25 bits per heavy atom. The Hall–Kier alpha value is -3.40. The number of rotatable bonds is 17. The number of alkyl carbamates (subject to hydrolysis) is 1. The molecule has 0 spiro atoms. The molecule has 3 amide bonds. The molecule has 0 saturated carbocycles. The number of hydrogen-bond donors (Lipinski definition) is 3. The largest absolute Gasteiger partial charge is 0.508 e. The number of methoxy groups -OCH3 is 1. The third kappa shape index (κ3) is 12.3. The van der Waals surface area contributed by atoms with Crippen molar-refractivity contribution in [2.24, 2.45) is 0 Å². The zero-order valence-corrected chi connectivity index (χ0v) is 28.2. The zero-order valence-electron chi connectivity index (χ0n) is 27.4. The fraction of sp³-hybridized carbons (Fsp3) is 0.559. The molecule has 0 aliphatic carbocycles. The van der Waals surface area contributed by atoms with E-state index in [4.69, 9.17) is 9.47 Å². The molecule has 0 bridgehead atoms. The lowest BCUT2D eigenvalue weighted by Crippen LogP contribution is -2.52. The van der Waals surface area contributed by atoms with E-state index < -0.39 is 29.7 Å². The van der Waals surface area contributed by atoms with E-state index in [9.17, 15) is 19.5 Å². The molecule has 3 N–H and O–H groups in total. The van der Waals surface area contributed by atoms with E-state index in [-0.39, 0.29) is 11.7 Å². The minimum absolute atomic E-state index is 0.0984. The van der Waals surface area contributed by atoms with Crippen LogP contribution in [0.15, 0.2) is 42.5 Å². The molecule has 2 aromatic rings. The van der Waals surface area contributed by atoms with Crippen LogP contribution in [0.5, 0.6) is 11.5 Å². The summed E-state index contributed by atoms with van der Waals surface area (Å²) in [6, 6.07) is 9.99. The van der Waals surface area contributed by atoms with E-state index in [0.29, 0.717) is 47.7 Å². The highest BCUT2D eigenvalue weighted by Gasteiger charge is 2.36. The van der Waals surface area contributed by atoms with Gasteiger partial charge in [0.15, 0.2) is 0 Å². The second kappa shape index (κ2) is 18.4. The van der Waals surface area contributed by atoms with Crippen molar-refractivity contribution in [2.75, 3.05) is 31.0 Å². The number of nitrogens with one attached hydrogen (secondary N) is 2. The van der Waals surface area contributed by atoms with E-state index in [1.165, 1.54) is 6.07 Å². The number of anilines is 1. The van der Waals surface area contributed by atoms with Crippen LogP contribution in [0.25, 0.3) is 0 Å². The van der Waals surface area contributed by atoms with Crippen LogP contribution in [-0.2, 0) is 14.3 Å². The summed E-state index contributed by atoms with van der Waals surface area (Å²) >= 11 is 1.57. The number of carbonyl (C=O) groups excluding carboxylic acids is 3. The van der Waals surface area contributed by atoms with Crippen molar-refractivity contribution in [3.63, 3.8) is 0 Å². The third-order valence-corrected chi connectivity index (χ3v) is 7.73. The number of amides is 3. The highest BCUT2D eigenvalue weighted by atomic mass is 32.2. The second-order valence-electron chi connectivity index (χ2n) is 11.9. The summed E-state index contributed by atoms with van der Waals surface area (Å²) in [6.45, 7) is 9.53. The quantitative estimate of drug-likeness (QED) is 0.158.